The van der Waals surface area contributed by atoms with Crippen LogP contribution in [0, 0.1) is 46.3 Å². The summed E-state index contributed by atoms with van der Waals surface area (Å²) < 4.78 is 4.85. The number of Topliss-reactive ketones (excluding diaryl/α,β-unsaturated/α-hetero) is 1. The van der Waals surface area contributed by atoms with Crippen LogP contribution in [0.3, 0.4) is 0 Å². The van der Waals surface area contributed by atoms with E-state index >= 15 is 0 Å². The lowest BCUT2D eigenvalue weighted by molar-refractivity contribution is -0.160. The van der Waals surface area contributed by atoms with Crippen molar-refractivity contribution >= 4 is 11.8 Å². The average molecular weight is 405 g/mol. The van der Waals surface area contributed by atoms with Crippen LogP contribution in [0.15, 0.2) is 0 Å². The molecule has 4 nitrogen and oxygen atoms in total. The number of ether oxygens (including phenoxy) is 1. The minimum atomic E-state index is -0.210. The predicted octanol–water partition coefficient (Wildman–Crippen LogP) is 4.77. The van der Waals surface area contributed by atoms with Crippen molar-refractivity contribution in [1.82, 2.24) is 0 Å². The Labute approximate surface area is 176 Å². The number of carbonyl (C=O) groups excluding carboxylic acids is 2. The monoisotopic (exact) mass is 404 g/mol. The van der Waals surface area contributed by atoms with E-state index in [1.807, 2.05) is 0 Å². The zero-order valence-electron chi connectivity index (χ0n) is 18.8. The summed E-state index contributed by atoms with van der Waals surface area (Å²) in [4.78, 5) is 25.0. The summed E-state index contributed by atoms with van der Waals surface area (Å²) in [5, 5.41) is 10.2. The normalized spacial score (nSPS) is 47.7. The first-order valence-corrected chi connectivity index (χ1v) is 12.0. The SMILES string of the molecule is COC(=O)CC[C@H](C)[C@H]1CC[C@H]2[C@@H]3C(=O)C[C@@H]4C[C@H](O)CC[C@]4(C)[C@H]3CC[C@]12C. The zero-order valence-corrected chi connectivity index (χ0v) is 18.8. The number of fused-ring (bicyclic) bond motifs is 5. The van der Waals surface area contributed by atoms with Crippen LogP contribution in [-0.4, -0.2) is 30.1 Å². The van der Waals surface area contributed by atoms with Crippen LogP contribution in [0.1, 0.15) is 85.0 Å². The molecule has 4 fully saturated rings. The van der Waals surface area contributed by atoms with Gasteiger partial charge in [0, 0.05) is 18.8 Å². The van der Waals surface area contributed by atoms with Crippen molar-refractivity contribution < 1.29 is 19.4 Å². The van der Waals surface area contributed by atoms with Crippen LogP contribution >= 0.6 is 0 Å². The fourth-order valence-electron chi connectivity index (χ4n) is 8.53. The van der Waals surface area contributed by atoms with E-state index in [1.165, 1.54) is 26.4 Å². The van der Waals surface area contributed by atoms with Crippen LogP contribution in [0.2, 0.25) is 0 Å². The fraction of sp³-hybridized carbons (Fsp3) is 0.920. The number of aliphatic hydroxyl groups excluding tert-OH is 1. The maximum atomic E-state index is 13.4. The summed E-state index contributed by atoms with van der Waals surface area (Å²) in [5.41, 5.74) is 0.456. The molecule has 4 heteroatoms. The van der Waals surface area contributed by atoms with E-state index in [4.69, 9.17) is 4.74 Å². The molecule has 0 aromatic carbocycles. The second-order valence-corrected chi connectivity index (χ2v) is 11.4. The number of ketones is 1. The summed E-state index contributed by atoms with van der Waals surface area (Å²) in [6.45, 7) is 7.18. The lowest BCUT2D eigenvalue weighted by Crippen LogP contribution is -2.57. The standard InChI is InChI=1S/C25H40O4/c1-15(5-8-22(28)29-4)18-6-7-19-23-20(10-12-25(18,19)3)24(2)11-9-17(26)13-16(24)14-21(23)27/h15-20,23,26H,5-14H2,1-4H3/t15-,16-,17+,18+,19-,20-,23-,24-,25+/m0/s1. The van der Waals surface area contributed by atoms with E-state index in [1.54, 1.807) is 0 Å². The molecule has 4 rings (SSSR count). The smallest absolute Gasteiger partial charge is 0.305 e. The van der Waals surface area contributed by atoms with Gasteiger partial charge in [-0.25, -0.2) is 0 Å². The Hall–Kier alpha value is -0.900. The molecule has 0 bridgehead atoms. The van der Waals surface area contributed by atoms with Gasteiger partial charge in [0.2, 0.25) is 0 Å². The van der Waals surface area contributed by atoms with Gasteiger partial charge in [-0.05, 0) is 91.8 Å². The highest BCUT2D eigenvalue weighted by molar-refractivity contribution is 5.83. The number of methoxy groups -OCH3 is 1. The van der Waals surface area contributed by atoms with E-state index in [0.717, 1.165) is 32.1 Å². The Bertz CT molecular complexity index is 659. The van der Waals surface area contributed by atoms with Gasteiger partial charge in [-0.1, -0.05) is 20.8 Å². The second-order valence-electron chi connectivity index (χ2n) is 11.4. The quantitative estimate of drug-likeness (QED) is 0.685. The molecule has 0 spiro atoms. The first-order valence-electron chi connectivity index (χ1n) is 12.0. The molecule has 0 heterocycles. The van der Waals surface area contributed by atoms with E-state index in [2.05, 4.69) is 20.8 Å². The molecule has 4 aliphatic carbocycles. The second kappa shape index (κ2) is 7.66. The van der Waals surface area contributed by atoms with Crippen molar-refractivity contribution in [1.29, 1.82) is 0 Å². The molecule has 4 aliphatic rings. The van der Waals surface area contributed by atoms with Gasteiger partial charge >= 0.3 is 5.97 Å². The van der Waals surface area contributed by atoms with Crippen LogP contribution in [-0.2, 0) is 14.3 Å². The summed E-state index contributed by atoms with van der Waals surface area (Å²) in [7, 11) is 1.47. The molecular weight excluding hydrogens is 364 g/mol. The lowest BCUT2D eigenvalue weighted by Gasteiger charge is -2.60. The predicted molar refractivity (Wildman–Crippen MR) is 112 cm³/mol. The molecule has 0 radical (unpaired) electrons. The minimum absolute atomic E-state index is 0.110. The Kier molecular flexibility index (Phi) is 5.63. The highest BCUT2D eigenvalue weighted by Crippen LogP contribution is 2.67. The molecule has 0 aromatic heterocycles. The van der Waals surface area contributed by atoms with Crippen LogP contribution in [0.4, 0.5) is 0 Å². The van der Waals surface area contributed by atoms with Gasteiger partial charge in [-0.2, -0.15) is 0 Å². The molecule has 0 amide bonds. The van der Waals surface area contributed by atoms with Gasteiger partial charge in [-0.3, -0.25) is 9.59 Å². The number of hydrogen-bond donors (Lipinski definition) is 1. The highest BCUT2D eigenvalue weighted by atomic mass is 16.5. The largest absolute Gasteiger partial charge is 0.469 e. The lowest BCUT2D eigenvalue weighted by atomic mass is 9.44. The average Bonchev–Trinajstić information content (AvgIpc) is 3.04. The Morgan fingerprint density at radius 2 is 1.83 bits per heavy atom. The molecule has 0 aromatic rings. The molecule has 0 aliphatic heterocycles. The number of rotatable bonds is 4. The van der Waals surface area contributed by atoms with Crippen molar-refractivity contribution in [3.05, 3.63) is 0 Å². The van der Waals surface area contributed by atoms with E-state index in [9.17, 15) is 14.7 Å². The van der Waals surface area contributed by atoms with Crippen LogP contribution in [0.25, 0.3) is 0 Å². The number of hydrogen-bond acceptors (Lipinski definition) is 4. The van der Waals surface area contributed by atoms with Gasteiger partial charge in [0.25, 0.3) is 0 Å². The summed E-state index contributed by atoms with van der Waals surface area (Å²) in [5.74, 6) is 3.08. The third-order valence-corrected chi connectivity index (χ3v) is 10.2. The first kappa shape index (κ1) is 21.3. The van der Waals surface area contributed by atoms with Gasteiger partial charge in [0.1, 0.15) is 5.78 Å². The maximum Gasteiger partial charge on any atom is 0.305 e. The van der Waals surface area contributed by atoms with E-state index < -0.39 is 0 Å². The molecule has 0 unspecified atom stereocenters. The minimum Gasteiger partial charge on any atom is -0.469 e. The molecule has 1 N–H and O–H groups in total. The van der Waals surface area contributed by atoms with E-state index in [0.29, 0.717) is 48.2 Å². The van der Waals surface area contributed by atoms with Gasteiger partial charge in [0.15, 0.2) is 0 Å². The Morgan fingerprint density at radius 3 is 2.55 bits per heavy atom. The number of aliphatic hydroxyl groups is 1. The topological polar surface area (TPSA) is 63.6 Å². The van der Waals surface area contributed by atoms with Gasteiger partial charge in [0.05, 0.1) is 13.2 Å². The molecule has 0 saturated heterocycles. The van der Waals surface area contributed by atoms with Gasteiger partial charge in [-0.15, -0.1) is 0 Å². The molecular formula is C25H40O4. The maximum absolute atomic E-state index is 13.4. The van der Waals surface area contributed by atoms with Crippen molar-refractivity contribution in [2.24, 2.45) is 46.3 Å². The third-order valence-electron chi connectivity index (χ3n) is 10.2. The Balaban J connectivity index is 1.53. The zero-order chi connectivity index (χ0) is 21.0. The van der Waals surface area contributed by atoms with Crippen LogP contribution in [0.5, 0.6) is 0 Å². The molecule has 164 valence electrons. The number of esters is 1. The fourth-order valence-corrected chi connectivity index (χ4v) is 8.53. The third kappa shape index (κ3) is 3.38. The van der Waals surface area contributed by atoms with Gasteiger partial charge < -0.3 is 9.84 Å². The highest BCUT2D eigenvalue weighted by Gasteiger charge is 2.62. The summed E-state index contributed by atoms with van der Waals surface area (Å²) in [6.07, 6.45) is 9.40. The number of carbonyl (C=O) groups is 2. The van der Waals surface area contributed by atoms with Crippen LogP contribution < -0.4 is 0 Å². The van der Waals surface area contributed by atoms with Crippen molar-refractivity contribution in [2.45, 2.75) is 91.1 Å². The molecule has 4 saturated carbocycles. The molecule has 29 heavy (non-hydrogen) atoms. The summed E-state index contributed by atoms with van der Waals surface area (Å²) in [6, 6.07) is 0. The van der Waals surface area contributed by atoms with E-state index in [-0.39, 0.29) is 28.8 Å². The summed E-state index contributed by atoms with van der Waals surface area (Å²) >= 11 is 0. The van der Waals surface area contributed by atoms with Crippen molar-refractivity contribution in [3.63, 3.8) is 0 Å². The first-order chi connectivity index (χ1) is 13.7. The molecule has 9 atom stereocenters. The van der Waals surface area contributed by atoms with Crippen molar-refractivity contribution in [2.75, 3.05) is 7.11 Å². The Morgan fingerprint density at radius 1 is 1.14 bits per heavy atom. The van der Waals surface area contributed by atoms with Crippen molar-refractivity contribution in [3.8, 4) is 0 Å².